The summed E-state index contributed by atoms with van der Waals surface area (Å²) in [5.74, 6) is -0.254. The van der Waals surface area contributed by atoms with Crippen LogP contribution in [0.15, 0.2) is 65.3 Å². The fourth-order valence-electron chi connectivity index (χ4n) is 2.11. The van der Waals surface area contributed by atoms with E-state index in [0.29, 0.717) is 16.9 Å². The van der Waals surface area contributed by atoms with Crippen LogP contribution in [0.2, 0.25) is 0 Å². The van der Waals surface area contributed by atoms with Crippen LogP contribution < -0.4 is 10.6 Å². The zero-order valence-corrected chi connectivity index (χ0v) is 17.1. The quantitative estimate of drug-likeness (QED) is 0.444. The number of anilines is 2. The Balaban J connectivity index is 1.67. The summed E-state index contributed by atoms with van der Waals surface area (Å²) in [5.41, 5.74) is 1.89. The molecule has 0 unspecified atom stereocenters. The summed E-state index contributed by atoms with van der Waals surface area (Å²) in [6.07, 6.45) is 1.44. The Kier molecular flexibility index (Phi) is 5.74. The monoisotopic (exact) mass is 558 g/mol. The van der Waals surface area contributed by atoms with E-state index in [1.165, 1.54) is 6.26 Å². The van der Waals surface area contributed by atoms with E-state index >= 15 is 0 Å². The number of hydrogen-bond acceptors (Lipinski definition) is 3. The topological polar surface area (TPSA) is 71.3 Å². The van der Waals surface area contributed by atoms with Crippen LogP contribution in [0.1, 0.15) is 20.9 Å². The van der Waals surface area contributed by atoms with Gasteiger partial charge in [-0.25, -0.2) is 0 Å². The highest BCUT2D eigenvalue weighted by Crippen LogP contribution is 2.19. The Morgan fingerprint density at radius 3 is 2.08 bits per heavy atom. The summed E-state index contributed by atoms with van der Waals surface area (Å²) in [5, 5.41) is 5.58. The highest BCUT2D eigenvalue weighted by Gasteiger charge is 2.12. The third-order valence-corrected chi connectivity index (χ3v) is 4.93. The molecule has 2 aromatic carbocycles. The molecule has 3 aromatic rings. The molecule has 126 valence electrons. The van der Waals surface area contributed by atoms with Crippen molar-refractivity contribution in [3.63, 3.8) is 0 Å². The van der Waals surface area contributed by atoms with Crippen molar-refractivity contribution in [3.8, 4) is 0 Å². The Morgan fingerprint density at radius 2 is 1.48 bits per heavy atom. The predicted octanol–water partition coefficient (Wildman–Crippen LogP) is 4.99. The van der Waals surface area contributed by atoms with Crippen LogP contribution in [0.3, 0.4) is 0 Å². The third kappa shape index (κ3) is 4.60. The van der Waals surface area contributed by atoms with Gasteiger partial charge in [-0.3, -0.25) is 9.59 Å². The molecule has 0 spiro atoms. The van der Waals surface area contributed by atoms with Crippen LogP contribution >= 0.6 is 45.2 Å². The Morgan fingerprint density at radius 1 is 0.840 bits per heavy atom. The highest BCUT2D eigenvalue weighted by atomic mass is 127. The molecular weight excluding hydrogens is 546 g/mol. The van der Waals surface area contributed by atoms with Crippen molar-refractivity contribution >= 4 is 68.4 Å². The number of nitrogens with one attached hydrogen (secondary N) is 2. The molecule has 0 aliphatic carbocycles. The van der Waals surface area contributed by atoms with Gasteiger partial charge in [-0.05, 0) is 99.8 Å². The number of hydrogen-bond donors (Lipinski definition) is 2. The lowest BCUT2D eigenvalue weighted by atomic mass is 10.2. The van der Waals surface area contributed by atoms with Crippen molar-refractivity contribution in [2.45, 2.75) is 0 Å². The summed E-state index contributed by atoms with van der Waals surface area (Å²) < 4.78 is 6.93. The summed E-state index contributed by atoms with van der Waals surface area (Å²) in [6, 6.07) is 15.8. The number of carbonyl (C=O) groups excluding carboxylic acids is 2. The maximum atomic E-state index is 12.4. The fraction of sp³-hybridized carbons (Fsp3) is 0. The molecule has 25 heavy (non-hydrogen) atoms. The van der Waals surface area contributed by atoms with Gasteiger partial charge in [0.25, 0.3) is 11.8 Å². The van der Waals surface area contributed by atoms with Crippen LogP contribution in [-0.2, 0) is 0 Å². The van der Waals surface area contributed by atoms with Crippen molar-refractivity contribution in [3.05, 3.63) is 79.3 Å². The van der Waals surface area contributed by atoms with Gasteiger partial charge in [0.1, 0.15) is 0 Å². The Bertz CT molecular complexity index is 907. The molecule has 0 aliphatic rings. The lowest BCUT2D eigenvalue weighted by Crippen LogP contribution is -2.14. The lowest BCUT2D eigenvalue weighted by molar-refractivity contribution is 0.0994. The Hall–Kier alpha value is -1.88. The second kappa shape index (κ2) is 8.00. The first kappa shape index (κ1) is 17.9. The molecule has 1 aromatic heterocycles. The Labute approximate surface area is 171 Å². The first-order valence-corrected chi connectivity index (χ1v) is 9.40. The van der Waals surface area contributed by atoms with Gasteiger partial charge in [0.2, 0.25) is 0 Å². The average Bonchev–Trinajstić information content (AvgIpc) is 3.13. The maximum absolute atomic E-state index is 12.4. The molecule has 5 nitrogen and oxygen atoms in total. The molecule has 1 heterocycles. The standard InChI is InChI=1S/C18H12I2N2O3/c19-11-3-8-15(20)14(10-11)17(23)21-12-4-6-13(7-5-12)22-18(24)16-2-1-9-25-16/h1-10H,(H,21,23)(H,22,24). The van der Waals surface area contributed by atoms with E-state index in [1.807, 2.05) is 18.2 Å². The largest absolute Gasteiger partial charge is 0.459 e. The zero-order chi connectivity index (χ0) is 17.8. The third-order valence-electron chi connectivity index (χ3n) is 3.32. The van der Waals surface area contributed by atoms with E-state index in [9.17, 15) is 9.59 Å². The van der Waals surface area contributed by atoms with Crippen molar-refractivity contribution in [1.29, 1.82) is 0 Å². The number of benzene rings is 2. The normalized spacial score (nSPS) is 10.3. The first-order valence-electron chi connectivity index (χ1n) is 7.24. The van der Waals surface area contributed by atoms with Gasteiger partial charge in [0.05, 0.1) is 11.8 Å². The predicted molar refractivity (Wildman–Crippen MR) is 113 cm³/mol. The minimum absolute atomic E-state index is 0.171. The fourth-order valence-corrected chi connectivity index (χ4v) is 3.18. The number of amides is 2. The molecule has 3 rings (SSSR count). The molecule has 0 aliphatic heterocycles. The van der Waals surface area contributed by atoms with Crippen LogP contribution in [0.5, 0.6) is 0 Å². The summed E-state index contributed by atoms with van der Waals surface area (Å²) in [4.78, 5) is 24.3. The van der Waals surface area contributed by atoms with Gasteiger partial charge in [0, 0.05) is 18.5 Å². The van der Waals surface area contributed by atoms with Gasteiger partial charge in [-0.2, -0.15) is 0 Å². The van der Waals surface area contributed by atoms with Crippen molar-refractivity contribution in [2.75, 3.05) is 10.6 Å². The van der Waals surface area contributed by atoms with E-state index in [-0.39, 0.29) is 17.6 Å². The average molecular weight is 558 g/mol. The van der Waals surface area contributed by atoms with Gasteiger partial charge < -0.3 is 15.1 Å². The smallest absolute Gasteiger partial charge is 0.291 e. The first-order chi connectivity index (χ1) is 12.0. The van der Waals surface area contributed by atoms with Crippen LogP contribution in [-0.4, -0.2) is 11.8 Å². The number of rotatable bonds is 4. The zero-order valence-electron chi connectivity index (χ0n) is 12.8. The SMILES string of the molecule is O=C(Nc1ccc(NC(=O)c2cc(I)ccc2I)cc1)c1ccco1. The van der Waals surface area contributed by atoms with E-state index in [0.717, 1.165) is 7.14 Å². The second-order valence-electron chi connectivity index (χ2n) is 5.09. The minimum Gasteiger partial charge on any atom is -0.459 e. The van der Waals surface area contributed by atoms with E-state index < -0.39 is 0 Å². The van der Waals surface area contributed by atoms with Crippen LogP contribution in [0.4, 0.5) is 11.4 Å². The maximum Gasteiger partial charge on any atom is 0.291 e. The van der Waals surface area contributed by atoms with E-state index in [2.05, 4.69) is 55.8 Å². The second-order valence-corrected chi connectivity index (χ2v) is 7.49. The molecule has 0 bridgehead atoms. The molecule has 7 heteroatoms. The van der Waals surface area contributed by atoms with Crippen molar-refractivity contribution < 1.29 is 14.0 Å². The van der Waals surface area contributed by atoms with Gasteiger partial charge in [-0.1, -0.05) is 0 Å². The van der Waals surface area contributed by atoms with Gasteiger partial charge >= 0.3 is 0 Å². The summed E-state index contributed by atoms with van der Waals surface area (Å²) in [6.45, 7) is 0. The molecule has 0 saturated carbocycles. The number of carbonyl (C=O) groups is 2. The van der Waals surface area contributed by atoms with Gasteiger partial charge in [0.15, 0.2) is 5.76 Å². The number of halogens is 2. The molecule has 0 fully saturated rings. The molecule has 0 radical (unpaired) electrons. The summed E-state index contributed by atoms with van der Waals surface area (Å²) in [7, 11) is 0. The van der Waals surface area contributed by atoms with E-state index in [4.69, 9.17) is 4.42 Å². The van der Waals surface area contributed by atoms with E-state index in [1.54, 1.807) is 36.4 Å². The lowest BCUT2D eigenvalue weighted by Gasteiger charge is -2.09. The molecule has 0 atom stereocenters. The minimum atomic E-state index is -0.324. The van der Waals surface area contributed by atoms with Crippen LogP contribution in [0, 0.1) is 7.14 Å². The highest BCUT2D eigenvalue weighted by molar-refractivity contribution is 14.1. The summed E-state index contributed by atoms with van der Waals surface area (Å²) >= 11 is 4.31. The number of furan rings is 1. The molecular formula is C18H12I2N2O3. The van der Waals surface area contributed by atoms with Crippen LogP contribution in [0.25, 0.3) is 0 Å². The molecule has 2 N–H and O–H groups in total. The molecule has 2 amide bonds. The van der Waals surface area contributed by atoms with Crippen molar-refractivity contribution in [1.82, 2.24) is 0 Å². The van der Waals surface area contributed by atoms with Gasteiger partial charge in [-0.15, -0.1) is 0 Å². The van der Waals surface area contributed by atoms with Crippen molar-refractivity contribution in [2.24, 2.45) is 0 Å². The molecule has 0 saturated heterocycles.